The number of benzene rings is 1. The van der Waals surface area contributed by atoms with Crippen molar-refractivity contribution in [1.82, 2.24) is 4.90 Å². The van der Waals surface area contributed by atoms with Crippen molar-refractivity contribution in [3.63, 3.8) is 0 Å². The minimum Gasteiger partial charge on any atom is -0.329 e. The number of likely N-dealkylation sites (tertiary alicyclic amines) is 1. The fourth-order valence-corrected chi connectivity index (χ4v) is 3.89. The topological polar surface area (TPSA) is 29.3 Å². The van der Waals surface area contributed by atoms with Gasteiger partial charge in [-0.3, -0.25) is 4.90 Å². The predicted molar refractivity (Wildman–Crippen MR) is 87.0 cm³/mol. The van der Waals surface area contributed by atoms with E-state index >= 15 is 0 Å². The smallest absolute Gasteiger partial charge is 0.0331 e. The van der Waals surface area contributed by atoms with Crippen LogP contribution in [0.25, 0.3) is 0 Å². The van der Waals surface area contributed by atoms with E-state index in [1.54, 1.807) is 0 Å². The van der Waals surface area contributed by atoms with Crippen molar-refractivity contribution in [2.75, 3.05) is 19.6 Å². The third-order valence-corrected chi connectivity index (χ3v) is 4.94. The van der Waals surface area contributed by atoms with Crippen molar-refractivity contribution in [3.05, 3.63) is 35.9 Å². The highest BCUT2D eigenvalue weighted by Gasteiger charge is 2.38. The second-order valence-corrected chi connectivity index (χ2v) is 6.27. The summed E-state index contributed by atoms with van der Waals surface area (Å²) in [5, 5.41) is 0. The lowest BCUT2D eigenvalue weighted by molar-refractivity contribution is 0.0996. The van der Waals surface area contributed by atoms with Crippen LogP contribution in [0.4, 0.5) is 0 Å². The maximum atomic E-state index is 6.20. The quantitative estimate of drug-likeness (QED) is 0.820. The molecular weight excluding hydrogens is 244 g/mol. The number of rotatable bonds is 7. The van der Waals surface area contributed by atoms with Gasteiger partial charge in [0.05, 0.1) is 0 Å². The molecule has 2 heteroatoms. The largest absolute Gasteiger partial charge is 0.329 e. The molecule has 1 saturated heterocycles. The summed E-state index contributed by atoms with van der Waals surface area (Å²) in [7, 11) is 0. The number of hydrogen-bond donors (Lipinski definition) is 1. The molecule has 0 aliphatic carbocycles. The highest BCUT2D eigenvalue weighted by molar-refractivity contribution is 5.21. The van der Waals surface area contributed by atoms with Gasteiger partial charge >= 0.3 is 0 Å². The third-order valence-electron chi connectivity index (χ3n) is 4.94. The summed E-state index contributed by atoms with van der Waals surface area (Å²) in [6.45, 7) is 7.75. The van der Waals surface area contributed by atoms with Crippen LogP contribution in [0, 0.1) is 0 Å². The van der Waals surface area contributed by atoms with Gasteiger partial charge in [0.25, 0.3) is 0 Å². The Kier molecular flexibility index (Phi) is 5.62. The van der Waals surface area contributed by atoms with E-state index in [0.717, 1.165) is 6.54 Å². The summed E-state index contributed by atoms with van der Waals surface area (Å²) in [6.07, 6.45) is 6.20. The van der Waals surface area contributed by atoms with Crippen LogP contribution in [-0.4, -0.2) is 30.1 Å². The molecule has 1 aromatic carbocycles. The van der Waals surface area contributed by atoms with Crippen LogP contribution in [0.3, 0.4) is 0 Å². The predicted octanol–water partition coefficient (Wildman–Crippen LogP) is 3.77. The van der Waals surface area contributed by atoms with Crippen LogP contribution in [0.2, 0.25) is 0 Å². The molecule has 1 atom stereocenters. The first-order valence-electron chi connectivity index (χ1n) is 8.26. The van der Waals surface area contributed by atoms with Crippen molar-refractivity contribution in [2.24, 2.45) is 5.73 Å². The Morgan fingerprint density at radius 1 is 1.15 bits per heavy atom. The second kappa shape index (κ2) is 7.24. The minimum atomic E-state index is 0.243. The van der Waals surface area contributed by atoms with E-state index in [9.17, 15) is 0 Å². The molecule has 2 rings (SSSR count). The average molecular weight is 274 g/mol. The van der Waals surface area contributed by atoms with Gasteiger partial charge in [0, 0.05) is 18.6 Å². The van der Waals surface area contributed by atoms with E-state index in [1.807, 2.05) is 0 Å². The summed E-state index contributed by atoms with van der Waals surface area (Å²) in [4.78, 5) is 2.69. The van der Waals surface area contributed by atoms with Crippen LogP contribution in [0.15, 0.2) is 30.3 Å². The van der Waals surface area contributed by atoms with E-state index in [2.05, 4.69) is 49.1 Å². The van der Waals surface area contributed by atoms with Gasteiger partial charge in [-0.15, -0.1) is 0 Å². The standard InChI is InChI=1S/C18H30N2/c1-3-11-18(15-19,12-4-2)20-13-10-17(14-20)16-8-6-5-7-9-16/h5-9,17H,3-4,10-15,19H2,1-2H3. The second-order valence-electron chi connectivity index (χ2n) is 6.27. The molecule has 1 aliphatic rings. The maximum Gasteiger partial charge on any atom is 0.0331 e. The van der Waals surface area contributed by atoms with E-state index < -0.39 is 0 Å². The van der Waals surface area contributed by atoms with E-state index in [4.69, 9.17) is 5.73 Å². The molecule has 0 spiro atoms. The van der Waals surface area contributed by atoms with Gasteiger partial charge < -0.3 is 5.73 Å². The van der Waals surface area contributed by atoms with Crippen molar-refractivity contribution >= 4 is 0 Å². The molecule has 2 nitrogen and oxygen atoms in total. The summed E-state index contributed by atoms with van der Waals surface area (Å²) >= 11 is 0. The van der Waals surface area contributed by atoms with Crippen molar-refractivity contribution in [2.45, 2.75) is 57.4 Å². The molecule has 112 valence electrons. The molecule has 1 unspecified atom stereocenters. The Morgan fingerprint density at radius 3 is 2.35 bits per heavy atom. The van der Waals surface area contributed by atoms with Crippen molar-refractivity contribution < 1.29 is 0 Å². The average Bonchev–Trinajstić information content (AvgIpc) is 2.98. The summed E-state index contributed by atoms with van der Waals surface area (Å²) in [6, 6.07) is 11.0. The zero-order chi connectivity index (χ0) is 14.4. The monoisotopic (exact) mass is 274 g/mol. The normalized spacial score (nSPS) is 20.4. The number of hydrogen-bond acceptors (Lipinski definition) is 2. The molecular formula is C18H30N2. The highest BCUT2D eigenvalue weighted by Crippen LogP contribution is 2.35. The molecule has 0 saturated carbocycles. The van der Waals surface area contributed by atoms with Crippen molar-refractivity contribution in [3.8, 4) is 0 Å². The first-order valence-corrected chi connectivity index (χ1v) is 8.26. The fraction of sp³-hybridized carbons (Fsp3) is 0.667. The summed E-state index contributed by atoms with van der Waals surface area (Å²) in [5.74, 6) is 0.691. The molecule has 1 aromatic rings. The van der Waals surface area contributed by atoms with Crippen LogP contribution < -0.4 is 5.73 Å². The summed E-state index contributed by atoms with van der Waals surface area (Å²) in [5.41, 5.74) is 7.94. The van der Waals surface area contributed by atoms with Gasteiger partial charge in [-0.05, 0) is 37.3 Å². The molecule has 0 aromatic heterocycles. The Balaban J connectivity index is 2.09. The molecule has 2 N–H and O–H groups in total. The van der Waals surface area contributed by atoms with Gasteiger partial charge in [0.15, 0.2) is 0 Å². The lowest BCUT2D eigenvalue weighted by Gasteiger charge is -2.41. The van der Waals surface area contributed by atoms with E-state index in [0.29, 0.717) is 5.92 Å². The van der Waals surface area contributed by atoms with Crippen LogP contribution >= 0.6 is 0 Å². The fourth-order valence-electron chi connectivity index (χ4n) is 3.89. The van der Waals surface area contributed by atoms with Crippen LogP contribution in [0.1, 0.15) is 57.4 Å². The number of nitrogens with two attached hydrogens (primary N) is 1. The van der Waals surface area contributed by atoms with E-state index in [-0.39, 0.29) is 5.54 Å². The molecule has 0 radical (unpaired) electrons. The molecule has 1 aliphatic heterocycles. The first-order chi connectivity index (χ1) is 9.75. The van der Waals surface area contributed by atoms with Gasteiger partial charge in [-0.1, -0.05) is 57.0 Å². The minimum absolute atomic E-state index is 0.243. The molecule has 1 heterocycles. The van der Waals surface area contributed by atoms with Gasteiger partial charge in [-0.2, -0.15) is 0 Å². The van der Waals surface area contributed by atoms with Crippen molar-refractivity contribution in [1.29, 1.82) is 0 Å². The number of nitrogens with zero attached hydrogens (tertiary/aromatic N) is 1. The SMILES string of the molecule is CCCC(CN)(CCC)N1CCC(c2ccccc2)C1. The zero-order valence-corrected chi connectivity index (χ0v) is 13.1. The van der Waals surface area contributed by atoms with E-state index in [1.165, 1.54) is 50.8 Å². The van der Waals surface area contributed by atoms with Gasteiger partial charge in [-0.25, -0.2) is 0 Å². The zero-order valence-electron chi connectivity index (χ0n) is 13.1. The van der Waals surface area contributed by atoms with Gasteiger partial charge in [0.2, 0.25) is 0 Å². The Morgan fingerprint density at radius 2 is 1.80 bits per heavy atom. The lowest BCUT2D eigenvalue weighted by atomic mass is 9.86. The third kappa shape index (κ3) is 3.24. The van der Waals surface area contributed by atoms with Crippen LogP contribution in [-0.2, 0) is 0 Å². The maximum absolute atomic E-state index is 6.20. The Bertz CT molecular complexity index is 382. The first kappa shape index (κ1) is 15.5. The Hall–Kier alpha value is -0.860. The molecule has 20 heavy (non-hydrogen) atoms. The van der Waals surface area contributed by atoms with Crippen LogP contribution in [0.5, 0.6) is 0 Å². The molecule has 0 bridgehead atoms. The highest BCUT2D eigenvalue weighted by atomic mass is 15.2. The molecule has 0 amide bonds. The van der Waals surface area contributed by atoms with Gasteiger partial charge in [0.1, 0.15) is 0 Å². The Labute approximate surface area is 124 Å². The summed E-state index contributed by atoms with van der Waals surface area (Å²) < 4.78 is 0. The lowest BCUT2D eigenvalue weighted by Crippen LogP contribution is -2.52. The molecule has 1 fully saturated rings.